The molecule has 3 aromatic rings. The Morgan fingerprint density at radius 3 is 2.51 bits per heavy atom. The number of sulfonamides is 1. The molecule has 1 aliphatic heterocycles. The third kappa shape index (κ3) is 5.26. The summed E-state index contributed by atoms with van der Waals surface area (Å²) in [5, 5.41) is 25.0. The number of sulfone groups is 1. The van der Waals surface area contributed by atoms with Crippen LogP contribution in [0.25, 0.3) is 0 Å². The Bertz CT molecular complexity index is 1690. The number of nitrogens with zero attached hydrogens (tertiary/aromatic N) is 2. The standard InChI is InChI=1S/C22H17FN4O8S2/c23-13-5-8-21-16(11-13)17(9-10-36(21,32)33)24-25-19-7-6-14(12-20(19)27(30)31)37(34,35)26-18-4-2-1-3-15(18)22(28)29/h1-8,11-12,25-26H,9-10H2,(H,28,29). The fourth-order valence-corrected chi connectivity index (χ4v) is 6.17. The highest BCUT2D eigenvalue weighted by molar-refractivity contribution is 7.92. The van der Waals surface area contributed by atoms with Gasteiger partial charge in [0, 0.05) is 18.1 Å². The first-order valence-electron chi connectivity index (χ1n) is 10.4. The number of benzene rings is 3. The molecular formula is C22H17FN4O8S2. The van der Waals surface area contributed by atoms with Gasteiger partial charge in [0.05, 0.1) is 37.4 Å². The SMILES string of the molecule is O=C(O)c1ccccc1NS(=O)(=O)c1ccc(NN=C2CCS(=O)(=O)c3ccc(F)cc32)c([N+](=O)[O-])c1. The number of hydrogen-bond acceptors (Lipinski definition) is 9. The van der Waals surface area contributed by atoms with Crippen molar-refractivity contribution in [3.05, 3.63) is 87.7 Å². The molecule has 1 aliphatic rings. The van der Waals surface area contributed by atoms with Crippen molar-refractivity contribution in [2.45, 2.75) is 16.2 Å². The lowest BCUT2D eigenvalue weighted by Crippen LogP contribution is -2.23. The van der Waals surface area contributed by atoms with Crippen molar-refractivity contribution in [2.75, 3.05) is 15.9 Å². The smallest absolute Gasteiger partial charge is 0.337 e. The van der Waals surface area contributed by atoms with Crippen molar-refractivity contribution < 1.29 is 36.1 Å². The van der Waals surface area contributed by atoms with Crippen molar-refractivity contribution in [1.29, 1.82) is 0 Å². The third-order valence-corrected chi connectivity index (χ3v) is 8.52. The molecule has 0 amide bonds. The molecule has 0 unspecified atom stereocenters. The fourth-order valence-electron chi connectivity index (χ4n) is 3.60. The Hall–Kier alpha value is -4.37. The number of hydrogen-bond donors (Lipinski definition) is 3. The molecule has 0 saturated heterocycles. The molecule has 0 aromatic heterocycles. The highest BCUT2D eigenvalue weighted by Crippen LogP contribution is 2.31. The van der Waals surface area contributed by atoms with E-state index in [0.29, 0.717) is 0 Å². The van der Waals surface area contributed by atoms with E-state index in [-0.39, 0.29) is 45.3 Å². The van der Waals surface area contributed by atoms with Crippen LogP contribution in [-0.2, 0) is 19.9 Å². The van der Waals surface area contributed by atoms with Crippen molar-refractivity contribution in [1.82, 2.24) is 0 Å². The maximum atomic E-state index is 13.8. The number of nitro groups is 1. The zero-order chi connectivity index (χ0) is 27.0. The largest absolute Gasteiger partial charge is 0.478 e. The maximum Gasteiger partial charge on any atom is 0.337 e. The Labute approximate surface area is 209 Å². The van der Waals surface area contributed by atoms with Crippen LogP contribution >= 0.6 is 0 Å². The third-order valence-electron chi connectivity index (χ3n) is 5.38. The number of carbonyl (C=O) groups is 1. The van der Waals surface area contributed by atoms with Gasteiger partial charge in [-0.1, -0.05) is 12.1 Å². The molecule has 4 rings (SSSR count). The molecule has 0 saturated carbocycles. The molecule has 0 bridgehead atoms. The van der Waals surface area contributed by atoms with Gasteiger partial charge in [-0.3, -0.25) is 20.3 Å². The van der Waals surface area contributed by atoms with E-state index < -0.39 is 47.2 Å². The van der Waals surface area contributed by atoms with Crippen LogP contribution in [0.15, 0.2) is 75.6 Å². The predicted octanol–water partition coefficient (Wildman–Crippen LogP) is 3.23. The number of para-hydroxylation sites is 1. The van der Waals surface area contributed by atoms with Crippen molar-refractivity contribution in [3.63, 3.8) is 0 Å². The molecule has 0 aliphatic carbocycles. The lowest BCUT2D eigenvalue weighted by molar-refractivity contribution is -0.384. The van der Waals surface area contributed by atoms with Crippen LogP contribution in [0, 0.1) is 15.9 Å². The molecule has 3 N–H and O–H groups in total. The van der Waals surface area contributed by atoms with Crippen LogP contribution in [0.2, 0.25) is 0 Å². The zero-order valence-electron chi connectivity index (χ0n) is 18.6. The van der Waals surface area contributed by atoms with E-state index in [4.69, 9.17) is 0 Å². The molecular weight excluding hydrogens is 531 g/mol. The van der Waals surface area contributed by atoms with Gasteiger partial charge in [0.25, 0.3) is 15.7 Å². The molecule has 0 fully saturated rings. The lowest BCUT2D eigenvalue weighted by Gasteiger charge is -2.18. The van der Waals surface area contributed by atoms with Gasteiger partial charge >= 0.3 is 5.97 Å². The average Bonchev–Trinajstić information content (AvgIpc) is 2.83. The van der Waals surface area contributed by atoms with Crippen LogP contribution in [0.4, 0.5) is 21.5 Å². The number of fused-ring (bicyclic) bond motifs is 1. The van der Waals surface area contributed by atoms with Gasteiger partial charge in [0.15, 0.2) is 9.84 Å². The van der Waals surface area contributed by atoms with E-state index >= 15 is 0 Å². The molecule has 0 atom stereocenters. The summed E-state index contributed by atoms with van der Waals surface area (Å²) in [6.07, 6.45) is -0.0844. The average molecular weight is 549 g/mol. The first kappa shape index (κ1) is 25.7. The second-order valence-electron chi connectivity index (χ2n) is 7.77. The van der Waals surface area contributed by atoms with Crippen molar-refractivity contribution in [2.24, 2.45) is 5.10 Å². The minimum absolute atomic E-state index is 0.0156. The molecule has 0 radical (unpaired) electrons. The van der Waals surface area contributed by atoms with Gasteiger partial charge in [0.1, 0.15) is 11.5 Å². The molecule has 37 heavy (non-hydrogen) atoms. The molecule has 192 valence electrons. The Kier molecular flexibility index (Phi) is 6.66. The van der Waals surface area contributed by atoms with Crippen LogP contribution in [0.3, 0.4) is 0 Å². The van der Waals surface area contributed by atoms with E-state index in [9.17, 15) is 41.2 Å². The van der Waals surface area contributed by atoms with E-state index in [1.54, 1.807) is 0 Å². The van der Waals surface area contributed by atoms with Crippen LogP contribution in [-0.4, -0.2) is 44.3 Å². The summed E-state index contributed by atoms with van der Waals surface area (Å²) in [5.74, 6) is -2.37. The van der Waals surface area contributed by atoms with E-state index in [2.05, 4.69) is 15.2 Å². The van der Waals surface area contributed by atoms with Crippen molar-refractivity contribution >= 4 is 48.6 Å². The summed E-state index contributed by atoms with van der Waals surface area (Å²) in [6, 6.07) is 11.2. The molecule has 12 nitrogen and oxygen atoms in total. The second kappa shape index (κ2) is 9.59. The number of anilines is 2. The van der Waals surface area contributed by atoms with Gasteiger partial charge < -0.3 is 5.11 Å². The number of carboxylic acids is 1. The highest BCUT2D eigenvalue weighted by atomic mass is 32.2. The minimum atomic E-state index is -4.43. The number of rotatable bonds is 7. The van der Waals surface area contributed by atoms with Gasteiger partial charge in [0.2, 0.25) is 0 Å². The van der Waals surface area contributed by atoms with E-state index in [1.165, 1.54) is 24.3 Å². The fraction of sp³-hybridized carbons (Fsp3) is 0.0909. The molecule has 0 spiro atoms. The normalized spacial score (nSPS) is 15.5. The van der Waals surface area contributed by atoms with Crippen molar-refractivity contribution in [3.8, 4) is 0 Å². The summed E-state index contributed by atoms with van der Waals surface area (Å²) in [4.78, 5) is 21.5. The summed E-state index contributed by atoms with van der Waals surface area (Å²) in [5.41, 5.74) is 1.15. The number of aromatic carboxylic acids is 1. The first-order valence-corrected chi connectivity index (χ1v) is 13.5. The molecule has 15 heteroatoms. The van der Waals surface area contributed by atoms with Crippen LogP contribution in [0.5, 0.6) is 0 Å². The zero-order valence-corrected chi connectivity index (χ0v) is 20.2. The minimum Gasteiger partial charge on any atom is -0.478 e. The lowest BCUT2D eigenvalue weighted by atomic mass is 10.1. The first-order chi connectivity index (χ1) is 17.4. The Balaban J connectivity index is 1.68. The number of hydrazone groups is 1. The molecule has 3 aromatic carbocycles. The Morgan fingerprint density at radius 2 is 1.81 bits per heavy atom. The van der Waals surface area contributed by atoms with Crippen LogP contribution in [0.1, 0.15) is 22.3 Å². The molecule has 1 heterocycles. The van der Waals surface area contributed by atoms with E-state index in [1.807, 2.05) is 0 Å². The maximum absolute atomic E-state index is 13.8. The predicted molar refractivity (Wildman–Crippen MR) is 131 cm³/mol. The van der Waals surface area contributed by atoms with Gasteiger partial charge in [-0.2, -0.15) is 5.10 Å². The summed E-state index contributed by atoms with van der Waals surface area (Å²) >= 11 is 0. The van der Waals surface area contributed by atoms with Gasteiger partial charge in [-0.15, -0.1) is 0 Å². The Morgan fingerprint density at radius 1 is 1.08 bits per heavy atom. The van der Waals surface area contributed by atoms with E-state index in [0.717, 1.165) is 36.4 Å². The topological polar surface area (TPSA) is 185 Å². The monoisotopic (exact) mass is 548 g/mol. The summed E-state index contributed by atoms with van der Waals surface area (Å²) in [6.45, 7) is 0. The highest BCUT2D eigenvalue weighted by Gasteiger charge is 2.29. The number of carboxylic acid groups (broad SMARTS) is 1. The summed E-state index contributed by atoms with van der Waals surface area (Å²) < 4.78 is 66.1. The number of halogens is 1. The second-order valence-corrected chi connectivity index (χ2v) is 11.5. The van der Waals surface area contributed by atoms with Gasteiger partial charge in [-0.05, 0) is 42.5 Å². The van der Waals surface area contributed by atoms with Crippen LogP contribution < -0.4 is 10.1 Å². The van der Waals surface area contributed by atoms with Gasteiger partial charge in [-0.25, -0.2) is 26.0 Å². The summed E-state index contributed by atoms with van der Waals surface area (Å²) in [7, 11) is -8.07. The number of nitro benzene ring substituents is 1. The number of nitrogens with one attached hydrogen (secondary N) is 2. The quantitative estimate of drug-likeness (QED) is 0.226.